The van der Waals surface area contributed by atoms with Crippen LogP contribution in [0.3, 0.4) is 0 Å². The van der Waals surface area contributed by atoms with Gasteiger partial charge in [0.25, 0.3) is 0 Å². The highest BCUT2D eigenvalue weighted by atomic mass is 79.9. The molecule has 0 aliphatic heterocycles. The average Bonchev–Trinajstić information content (AvgIpc) is 0.809. The van der Waals surface area contributed by atoms with Crippen LogP contribution < -0.4 is 59.2 Å². The Morgan fingerprint density at radius 3 is 0.657 bits per heavy atom. The number of aromatic nitrogens is 8. The lowest BCUT2D eigenvalue weighted by Gasteiger charge is -2.14. The monoisotopic (exact) mass is 1640 g/mol. The molecule has 0 saturated carbocycles. The molecular weight excluding hydrogens is 1570 g/mol. The second-order valence-electron chi connectivity index (χ2n) is 20.8. The third-order valence-electron chi connectivity index (χ3n) is 14.5. The number of benzene rings is 4. The van der Waals surface area contributed by atoms with E-state index in [4.69, 9.17) is 37.9 Å². The third-order valence-corrected chi connectivity index (χ3v) is 16.9. The van der Waals surface area contributed by atoms with E-state index in [0.29, 0.717) is 49.0 Å². The molecular formula is C72H76Br4Cl2N12O9. The van der Waals surface area contributed by atoms with E-state index in [0.717, 1.165) is 154 Å². The Balaban J connectivity index is 0.000000206. The Morgan fingerprint density at radius 1 is 0.313 bits per heavy atom. The Hall–Kier alpha value is -8.82. The first-order valence-electron chi connectivity index (χ1n) is 30.5. The summed E-state index contributed by atoms with van der Waals surface area (Å²) < 4.78 is 46.9. The van der Waals surface area contributed by atoms with Crippen LogP contribution in [0.5, 0.6) is 46.0 Å². The zero-order valence-electron chi connectivity index (χ0n) is 56.4. The molecule has 0 atom stereocenters. The molecule has 0 spiro atoms. The van der Waals surface area contributed by atoms with Gasteiger partial charge in [-0.3, -0.25) is 0 Å². The molecule has 0 unspecified atom stereocenters. The highest BCUT2D eigenvalue weighted by Crippen LogP contribution is 2.40. The van der Waals surface area contributed by atoms with Crippen molar-refractivity contribution in [3.8, 4) is 46.0 Å². The van der Waals surface area contributed by atoms with Gasteiger partial charge in [0, 0.05) is 69.1 Å². The van der Waals surface area contributed by atoms with Crippen LogP contribution in [0.2, 0.25) is 0 Å². The SMILES string of the molecule is CCOc1cc2c(Nc3ccc(OC)cc3)c(Br)cnc2nc1C.CCOc1cc2c(Nc3ccc(OC)cc3)c(Br)cnc2nc1C.CCOc1cc2c(Nc3ccc(OC)cc3)c(Br)cnc2nc1C.CCOc1cc2c(Nc3ccc(OC)cc3)c(Br)cnc2nc1C.Cl.Cl.O. The first-order chi connectivity index (χ1) is 46.5. The number of nitrogens with one attached hydrogen (secondary N) is 4. The molecule has 8 heterocycles. The van der Waals surface area contributed by atoms with Crippen molar-refractivity contribution in [2.45, 2.75) is 55.4 Å². The first kappa shape index (κ1) is 79.2. The van der Waals surface area contributed by atoms with Gasteiger partial charge in [-0.25, -0.2) is 39.9 Å². The van der Waals surface area contributed by atoms with Gasteiger partial charge in [0.05, 0.1) is 118 Å². The summed E-state index contributed by atoms with van der Waals surface area (Å²) >= 11 is 14.3. The van der Waals surface area contributed by atoms with E-state index >= 15 is 0 Å². The van der Waals surface area contributed by atoms with Crippen LogP contribution in [0.1, 0.15) is 50.5 Å². The van der Waals surface area contributed by atoms with Crippen molar-refractivity contribution < 1.29 is 43.4 Å². The maximum Gasteiger partial charge on any atom is 0.161 e. The number of hydrogen-bond acceptors (Lipinski definition) is 20. The largest absolute Gasteiger partial charge is 0.497 e. The third kappa shape index (κ3) is 20.2. The Morgan fingerprint density at radius 2 is 0.495 bits per heavy atom. The van der Waals surface area contributed by atoms with Gasteiger partial charge in [0.1, 0.15) is 46.0 Å². The predicted octanol–water partition coefficient (Wildman–Crippen LogP) is 19.4. The summed E-state index contributed by atoms with van der Waals surface area (Å²) in [5, 5.41) is 17.3. The quantitative estimate of drug-likeness (QED) is 0.0553. The molecule has 12 rings (SSSR count). The van der Waals surface area contributed by atoms with Gasteiger partial charge in [0.2, 0.25) is 0 Å². The maximum absolute atomic E-state index is 5.67. The lowest BCUT2D eigenvalue weighted by molar-refractivity contribution is 0.336. The van der Waals surface area contributed by atoms with Crippen molar-refractivity contribution in [3.05, 3.63) is 187 Å². The summed E-state index contributed by atoms with van der Waals surface area (Å²) in [7, 11) is 6.61. The standard InChI is InChI=1S/4C18H18BrN3O2.2ClH.H2O/c4*1-4-24-16-9-14-17(15(19)10-20-18(14)21-11(16)2)22-12-5-7-13(23-3)8-6-12;;;/h4*5-10H,4H2,1-3H3,(H,20,21,22);2*1H;1H2. The van der Waals surface area contributed by atoms with E-state index in [1.807, 2.05) is 177 Å². The molecule has 0 aliphatic carbocycles. The van der Waals surface area contributed by atoms with Crippen molar-refractivity contribution >= 4 is 178 Å². The fourth-order valence-corrected chi connectivity index (χ4v) is 11.3. The van der Waals surface area contributed by atoms with Crippen molar-refractivity contribution in [3.63, 3.8) is 0 Å². The van der Waals surface area contributed by atoms with Gasteiger partial charge in [-0.15, -0.1) is 24.8 Å². The highest BCUT2D eigenvalue weighted by Gasteiger charge is 2.18. The molecule has 0 amide bonds. The molecule has 99 heavy (non-hydrogen) atoms. The maximum atomic E-state index is 5.67. The van der Waals surface area contributed by atoms with Crippen LogP contribution in [0.25, 0.3) is 44.1 Å². The summed E-state index contributed by atoms with van der Waals surface area (Å²) in [6.07, 6.45) is 7.00. The number of halogens is 6. The van der Waals surface area contributed by atoms with Crippen LogP contribution in [-0.2, 0) is 0 Å². The Labute approximate surface area is 621 Å². The van der Waals surface area contributed by atoms with Gasteiger partial charge in [-0.05, 0) is 240 Å². The molecule has 6 N–H and O–H groups in total. The molecule has 4 aromatic carbocycles. The molecule has 0 radical (unpaired) electrons. The summed E-state index contributed by atoms with van der Waals surface area (Å²) in [6.45, 7) is 17.9. The van der Waals surface area contributed by atoms with Crippen LogP contribution in [0, 0.1) is 27.7 Å². The fourth-order valence-electron chi connectivity index (χ4n) is 9.66. The van der Waals surface area contributed by atoms with E-state index < -0.39 is 0 Å². The fraction of sp³-hybridized carbons (Fsp3) is 0.222. The topological polar surface area (TPSA) is 257 Å². The molecule has 0 bridgehead atoms. The van der Waals surface area contributed by atoms with Gasteiger partial charge in [-0.2, -0.15) is 0 Å². The number of rotatable bonds is 20. The highest BCUT2D eigenvalue weighted by molar-refractivity contribution is 9.11. The van der Waals surface area contributed by atoms with Gasteiger partial charge in [-0.1, -0.05) is 0 Å². The van der Waals surface area contributed by atoms with Crippen LogP contribution in [0.4, 0.5) is 45.5 Å². The van der Waals surface area contributed by atoms with Crippen LogP contribution in [-0.4, -0.2) is 100 Å². The predicted molar refractivity (Wildman–Crippen MR) is 416 cm³/mol. The smallest absolute Gasteiger partial charge is 0.161 e. The average molecular weight is 1640 g/mol. The number of methoxy groups -OCH3 is 4. The molecule has 8 aromatic heterocycles. The van der Waals surface area contributed by atoms with Gasteiger partial charge >= 0.3 is 0 Å². The number of pyridine rings is 8. The molecule has 520 valence electrons. The Kier molecular flexibility index (Phi) is 30.3. The minimum atomic E-state index is 0. The summed E-state index contributed by atoms with van der Waals surface area (Å²) in [5.41, 5.74) is 13.4. The molecule has 12 aromatic rings. The number of hydrogen-bond donors (Lipinski definition) is 4. The van der Waals surface area contributed by atoms with Crippen LogP contribution in [0.15, 0.2) is 164 Å². The minimum absolute atomic E-state index is 0. The second-order valence-corrected chi connectivity index (χ2v) is 24.3. The van der Waals surface area contributed by atoms with Crippen molar-refractivity contribution in [1.82, 2.24) is 39.9 Å². The Bertz CT molecular complexity index is 4070. The lowest BCUT2D eigenvalue weighted by atomic mass is 10.2. The number of ether oxygens (including phenoxy) is 8. The second kappa shape index (κ2) is 37.9. The summed E-state index contributed by atoms with van der Waals surface area (Å²) in [4.78, 5) is 35.8. The lowest BCUT2D eigenvalue weighted by Crippen LogP contribution is -2.00. The van der Waals surface area contributed by atoms with E-state index in [9.17, 15) is 0 Å². The van der Waals surface area contributed by atoms with E-state index in [-0.39, 0.29) is 30.3 Å². The van der Waals surface area contributed by atoms with Gasteiger partial charge < -0.3 is 64.6 Å². The summed E-state index contributed by atoms with van der Waals surface area (Å²) in [6, 6.07) is 38.9. The number of aryl methyl sites for hydroxylation is 4. The molecule has 21 nitrogen and oxygen atoms in total. The normalized spacial score (nSPS) is 10.3. The number of nitrogens with zero attached hydrogens (tertiary/aromatic N) is 8. The van der Waals surface area contributed by atoms with Gasteiger partial charge in [0.15, 0.2) is 22.6 Å². The molecule has 0 aliphatic rings. The zero-order valence-corrected chi connectivity index (χ0v) is 64.3. The van der Waals surface area contributed by atoms with E-state index in [1.54, 1.807) is 53.2 Å². The number of anilines is 8. The van der Waals surface area contributed by atoms with E-state index in [1.165, 1.54) is 0 Å². The minimum Gasteiger partial charge on any atom is -0.497 e. The number of fused-ring (bicyclic) bond motifs is 4. The van der Waals surface area contributed by atoms with Crippen LogP contribution >= 0.6 is 88.5 Å². The summed E-state index contributed by atoms with van der Waals surface area (Å²) in [5.74, 6) is 6.33. The molecule has 27 heteroatoms. The van der Waals surface area contributed by atoms with Crippen molar-refractivity contribution in [2.24, 2.45) is 0 Å². The molecule has 0 saturated heterocycles. The molecule has 0 fully saturated rings. The van der Waals surface area contributed by atoms with Crippen molar-refractivity contribution in [1.29, 1.82) is 0 Å². The first-order valence-corrected chi connectivity index (χ1v) is 33.6. The van der Waals surface area contributed by atoms with E-state index in [2.05, 4.69) is 125 Å². The zero-order chi connectivity index (χ0) is 68.4. The van der Waals surface area contributed by atoms with Crippen molar-refractivity contribution in [2.75, 3.05) is 76.1 Å².